The van der Waals surface area contributed by atoms with Gasteiger partial charge in [-0.1, -0.05) is 24.4 Å². The molecule has 1 fully saturated rings. The minimum atomic E-state index is -0.454. The highest BCUT2D eigenvalue weighted by molar-refractivity contribution is 8.20. The first kappa shape index (κ1) is 20.8. The molecule has 0 unspecified atom stereocenters. The van der Waals surface area contributed by atoms with E-state index in [-0.39, 0.29) is 10.9 Å². The Hall–Kier alpha value is -3.43. The molecule has 1 aromatic heterocycles. The number of anilines is 1. The van der Waals surface area contributed by atoms with Crippen LogP contribution >= 0.6 is 24.0 Å². The molecule has 4 rings (SSSR count). The number of thioether (sulfide) groups is 1. The van der Waals surface area contributed by atoms with Crippen molar-refractivity contribution in [2.24, 2.45) is 0 Å². The Morgan fingerprint density at radius 1 is 1.19 bits per heavy atom. The van der Waals surface area contributed by atoms with E-state index in [1.807, 2.05) is 6.92 Å². The monoisotopic (exact) mass is 452 g/mol. The number of furan rings is 1. The van der Waals surface area contributed by atoms with Crippen molar-refractivity contribution in [2.75, 3.05) is 11.5 Å². The summed E-state index contributed by atoms with van der Waals surface area (Å²) in [5.41, 5.74) is 1.23. The topological polar surface area (TPSA) is 85.8 Å². The zero-order chi connectivity index (χ0) is 22.0. The van der Waals surface area contributed by atoms with Gasteiger partial charge in [0, 0.05) is 17.7 Å². The van der Waals surface area contributed by atoms with Crippen LogP contribution in [0.4, 0.5) is 16.2 Å². The van der Waals surface area contributed by atoms with E-state index in [1.165, 1.54) is 17.0 Å². The molecule has 0 spiro atoms. The third kappa shape index (κ3) is 4.37. The number of ether oxygens (including phenoxy) is 1. The lowest BCUT2D eigenvalue weighted by atomic mass is 10.1. The Kier molecular flexibility index (Phi) is 5.88. The average molecular weight is 453 g/mol. The van der Waals surface area contributed by atoms with Crippen molar-refractivity contribution < 1.29 is 18.9 Å². The fraction of sp³-hybridized carbons (Fsp3) is 0.0909. The summed E-state index contributed by atoms with van der Waals surface area (Å²) in [7, 11) is 0. The van der Waals surface area contributed by atoms with E-state index in [0.717, 1.165) is 17.5 Å². The number of carbonyl (C=O) groups excluding carboxylic acids is 1. The third-order valence-electron chi connectivity index (χ3n) is 4.44. The Balaban J connectivity index is 1.56. The zero-order valence-corrected chi connectivity index (χ0v) is 17.9. The van der Waals surface area contributed by atoms with Crippen molar-refractivity contribution in [3.05, 3.63) is 81.4 Å². The summed E-state index contributed by atoms with van der Waals surface area (Å²) in [5, 5.41) is 10.8. The van der Waals surface area contributed by atoms with Gasteiger partial charge in [0.05, 0.1) is 22.1 Å². The fourth-order valence-corrected chi connectivity index (χ4v) is 4.30. The van der Waals surface area contributed by atoms with Crippen molar-refractivity contribution in [1.29, 1.82) is 0 Å². The van der Waals surface area contributed by atoms with Crippen molar-refractivity contribution in [2.45, 2.75) is 6.92 Å². The minimum absolute atomic E-state index is 0.0158. The van der Waals surface area contributed by atoms with Crippen LogP contribution in [0.2, 0.25) is 0 Å². The number of nitro groups is 1. The molecule has 2 heterocycles. The number of non-ortho nitro benzene ring substituents is 1. The van der Waals surface area contributed by atoms with Gasteiger partial charge in [0.2, 0.25) is 0 Å². The molecule has 0 saturated carbocycles. The van der Waals surface area contributed by atoms with E-state index >= 15 is 0 Å². The molecule has 0 N–H and O–H groups in total. The molecule has 1 saturated heterocycles. The van der Waals surface area contributed by atoms with Crippen LogP contribution in [0.3, 0.4) is 0 Å². The van der Waals surface area contributed by atoms with Gasteiger partial charge in [0.25, 0.3) is 10.9 Å². The first-order valence-corrected chi connectivity index (χ1v) is 10.5. The Labute approximate surface area is 187 Å². The molecule has 1 aliphatic rings. The number of carbonyl (C=O) groups is 1. The second-order valence-electron chi connectivity index (χ2n) is 6.45. The maximum absolute atomic E-state index is 12.6. The molecular weight excluding hydrogens is 436 g/mol. The van der Waals surface area contributed by atoms with E-state index < -0.39 is 4.92 Å². The van der Waals surface area contributed by atoms with E-state index in [4.69, 9.17) is 21.4 Å². The molecular formula is C22H16N2O5S2. The quantitative estimate of drug-likeness (QED) is 0.188. The fourth-order valence-electron chi connectivity index (χ4n) is 3.04. The standard InChI is InChI=1S/C22H16N2O5S2/c1-2-28-17-8-6-15(7-9-17)23-21(30)20(31-22(23)25)13-18-10-11-19(29-18)14-4-3-5-16(12-14)24(26)27/h3-13H,2H2,1H3. The molecule has 3 aromatic rings. The zero-order valence-electron chi connectivity index (χ0n) is 16.3. The number of hydrogen-bond donors (Lipinski definition) is 0. The maximum Gasteiger partial charge on any atom is 0.296 e. The summed E-state index contributed by atoms with van der Waals surface area (Å²) in [6, 6.07) is 16.8. The average Bonchev–Trinajstić information content (AvgIpc) is 3.34. The molecule has 1 aliphatic heterocycles. The number of amides is 1. The van der Waals surface area contributed by atoms with Gasteiger partial charge in [-0.2, -0.15) is 0 Å². The molecule has 0 bridgehead atoms. The lowest BCUT2D eigenvalue weighted by Crippen LogP contribution is -2.26. The molecule has 9 heteroatoms. The van der Waals surface area contributed by atoms with E-state index in [2.05, 4.69) is 0 Å². The lowest BCUT2D eigenvalue weighted by Gasteiger charge is -2.15. The molecule has 7 nitrogen and oxygen atoms in total. The van der Waals surface area contributed by atoms with Crippen LogP contribution in [0.1, 0.15) is 12.7 Å². The highest BCUT2D eigenvalue weighted by Gasteiger charge is 2.33. The third-order valence-corrected chi connectivity index (χ3v) is 5.86. The number of nitrogens with zero attached hydrogens (tertiary/aromatic N) is 2. The summed E-state index contributed by atoms with van der Waals surface area (Å²) in [4.78, 5) is 25.5. The van der Waals surface area contributed by atoms with Gasteiger partial charge in [-0.05, 0) is 61.2 Å². The Morgan fingerprint density at radius 3 is 2.68 bits per heavy atom. The molecule has 0 atom stereocenters. The van der Waals surface area contributed by atoms with Gasteiger partial charge in [-0.25, -0.2) is 0 Å². The number of hydrogen-bond acceptors (Lipinski definition) is 7. The minimum Gasteiger partial charge on any atom is -0.494 e. The SMILES string of the molecule is CCOc1ccc(N2C(=O)SC(=Cc3ccc(-c4cccc([N+](=O)[O-])c4)o3)C2=S)cc1. The van der Waals surface area contributed by atoms with E-state index in [9.17, 15) is 14.9 Å². The van der Waals surface area contributed by atoms with E-state index in [0.29, 0.717) is 39.3 Å². The number of benzene rings is 2. The first-order valence-electron chi connectivity index (χ1n) is 9.31. The van der Waals surface area contributed by atoms with Gasteiger partial charge in [0.1, 0.15) is 22.3 Å². The Bertz CT molecular complexity index is 1200. The smallest absolute Gasteiger partial charge is 0.296 e. The van der Waals surface area contributed by atoms with E-state index in [1.54, 1.807) is 54.6 Å². The van der Waals surface area contributed by atoms with Crippen LogP contribution in [0.15, 0.2) is 70.0 Å². The molecule has 0 radical (unpaired) electrons. The van der Waals surface area contributed by atoms with Crippen LogP contribution in [0.5, 0.6) is 5.75 Å². The predicted octanol–water partition coefficient (Wildman–Crippen LogP) is 6.30. The predicted molar refractivity (Wildman–Crippen MR) is 124 cm³/mol. The van der Waals surface area contributed by atoms with Crippen molar-refractivity contribution in [3.63, 3.8) is 0 Å². The summed E-state index contributed by atoms with van der Waals surface area (Å²) in [5.74, 6) is 1.70. The van der Waals surface area contributed by atoms with Crippen LogP contribution in [-0.2, 0) is 0 Å². The van der Waals surface area contributed by atoms with Crippen LogP contribution in [0.25, 0.3) is 17.4 Å². The van der Waals surface area contributed by atoms with Gasteiger partial charge < -0.3 is 9.15 Å². The van der Waals surface area contributed by atoms with Crippen molar-refractivity contribution in [3.8, 4) is 17.1 Å². The summed E-state index contributed by atoms with van der Waals surface area (Å²) < 4.78 is 11.2. The highest BCUT2D eigenvalue weighted by Crippen LogP contribution is 2.38. The Morgan fingerprint density at radius 2 is 1.97 bits per heavy atom. The van der Waals surface area contributed by atoms with Crippen molar-refractivity contribution >= 4 is 51.7 Å². The van der Waals surface area contributed by atoms with Gasteiger partial charge in [-0.3, -0.25) is 19.8 Å². The second kappa shape index (κ2) is 8.75. The van der Waals surface area contributed by atoms with Crippen LogP contribution < -0.4 is 9.64 Å². The molecule has 1 amide bonds. The largest absolute Gasteiger partial charge is 0.494 e. The highest BCUT2D eigenvalue weighted by atomic mass is 32.2. The van der Waals surface area contributed by atoms with Crippen molar-refractivity contribution in [1.82, 2.24) is 0 Å². The number of thiocarbonyl (C=S) groups is 1. The summed E-state index contributed by atoms with van der Waals surface area (Å²) >= 11 is 6.54. The summed E-state index contributed by atoms with van der Waals surface area (Å²) in [6.45, 7) is 2.46. The molecule has 31 heavy (non-hydrogen) atoms. The normalized spacial score (nSPS) is 15.0. The van der Waals surface area contributed by atoms with Crippen LogP contribution in [0, 0.1) is 10.1 Å². The number of rotatable bonds is 6. The second-order valence-corrected chi connectivity index (χ2v) is 7.83. The number of nitro benzene ring substituents is 1. The lowest BCUT2D eigenvalue weighted by molar-refractivity contribution is -0.384. The molecule has 0 aliphatic carbocycles. The maximum atomic E-state index is 12.6. The van der Waals surface area contributed by atoms with Crippen LogP contribution in [-0.4, -0.2) is 21.8 Å². The molecule has 156 valence electrons. The first-order chi connectivity index (χ1) is 15.0. The van der Waals surface area contributed by atoms with Gasteiger partial charge in [-0.15, -0.1) is 0 Å². The molecule has 2 aromatic carbocycles. The summed E-state index contributed by atoms with van der Waals surface area (Å²) in [6.07, 6.45) is 1.69. The van der Waals surface area contributed by atoms with Gasteiger partial charge >= 0.3 is 0 Å². The van der Waals surface area contributed by atoms with Gasteiger partial charge in [0.15, 0.2) is 0 Å².